The highest BCUT2D eigenvalue weighted by Crippen LogP contribution is 2.28. The van der Waals surface area contributed by atoms with Crippen molar-refractivity contribution in [1.82, 2.24) is 13.9 Å². The van der Waals surface area contributed by atoms with Crippen molar-refractivity contribution in [3.8, 4) is 0 Å². The standard InChI is InChI=1S/C15H14N4O4S/c1-23-15(20)11-8-16-9-17-14(11)18-12-5-3-4-10-6-7-19(13(10)12)24(2,21)22/h3-9H,1-2H3,(H,16,17,18). The SMILES string of the molecule is COC(=O)c1cncnc1Nc1cccc2ccn(S(C)(=O)=O)c12. The van der Waals surface area contributed by atoms with E-state index in [0.717, 1.165) is 11.6 Å². The van der Waals surface area contributed by atoms with E-state index in [-0.39, 0.29) is 11.4 Å². The van der Waals surface area contributed by atoms with Gasteiger partial charge in [-0.2, -0.15) is 0 Å². The molecule has 0 fully saturated rings. The Morgan fingerprint density at radius 2 is 2.08 bits per heavy atom. The average Bonchev–Trinajstić information content (AvgIpc) is 3.00. The zero-order valence-corrected chi connectivity index (χ0v) is 13.7. The number of carbonyl (C=O) groups excluding carboxylic acids is 1. The van der Waals surface area contributed by atoms with Crippen molar-refractivity contribution in [2.45, 2.75) is 0 Å². The van der Waals surface area contributed by atoms with E-state index < -0.39 is 16.0 Å². The van der Waals surface area contributed by atoms with Gasteiger partial charge in [-0.1, -0.05) is 12.1 Å². The second-order valence-corrected chi connectivity index (χ2v) is 6.88. The number of rotatable bonds is 4. The molecule has 1 N–H and O–H groups in total. The molecule has 0 unspecified atom stereocenters. The van der Waals surface area contributed by atoms with Crippen LogP contribution in [0.5, 0.6) is 0 Å². The van der Waals surface area contributed by atoms with Gasteiger partial charge in [-0.15, -0.1) is 0 Å². The minimum atomic E-state index is -3.48. The summed E-state index contributed by atoms with van der Waals surface area (Å²) in [6, 6.07) is 6.97. The van der Waals surface area contributed by atoms with Crippen LogP contribution in [-0.2, 0) is 14.8 Å². The lowest BCUT2D eigenvalue weighted by Crippen LogP contribution is -2.11. The molecule has 0 saturated heterocycles. The Morgan fingerprint density at radius 1 is 1.29 bits per heavy atom. The van der Waals surface area contributed by atoms with Gasteiger partial charge in [0.15, 0.2) is 0 Å². The largest absolute Gasteiger partial charge is 0.465 e. The second-order valence-electron chi connectivity index (χ2n) is 5.02. The van der Waals surface area contributed by atoms with Crippen LogP contribution in [0.4, 0.5) is 11.5 Å². The maximum absolute atomic E-state index is 12.0. The molecule has 124 valence electrons. The molecule has 1 aromatic carbocycles. The Labute approximate surface area is 138 Å². The van der Waals surface area contributed by atoms with Gasteiger partial charge in [-0.3, -0.25) is 0 Å². The van der Waals surface area contributed by atoms with E-state index in [1.807, 2.05) is 0 Å². The van der Waals surface area contributed by atoms with E-state index in [2.05, 4.69) is 15.3 Å². The summed E-state index contributed by atoms with van der Waals surface area (Å²) in [7, 11) is -2.22. The number of nitrogens with one attached hydrogen (secondary N) is 1. The number of methoxy groups -OCH3 is 1. The highest BCUT2D eigenvalue weighted by atomic mass is 32.2. The molecule has 0 amide bonds. The number of anilines is 2. The second kappa shape index (κ2) is 5.93. The maximum Gasteiger partial charge on any atom is 0.343 e. The number of carbonyl (C=O) groups is 1. The van der Waals surface area contributed by atoms with E-state index in [1.165, 1.54) is 29.8 Å². The summed E-state index contributed by atoms with van der Waals surface area (Å²) in [6.07, 6.45) is 5.21. The molecule has 0 aliphatic heterocycles. The molecule has 0 saturated carbocycles. The van der Waals surface area contributed by atoms with Crippen molar-refractivity contribution in [3.63, 3.8) is 0 Å². The summed E-state index contributed by atoms with van der Waals surface area (Å²) in [6.45, 7) is 0. The number of benzene rings is 1. The van der Waals surface area contributed by atoms with E-state index in [9.17, 15) is 13.2 Å². The van der Waals surface area contributed by atoms with Gasteiger partial charge in [0.2, 0.25) is 10.0 Å². The number of hydrogen-bond acceptors (Lipinski definition) is 7. The third-order valence-corrected chi connectivity index (χ3v) is 4.42. The quantitative estimate of drug-likeness (QED) is 0.718. The van der Waals surface area contributed by atoms with Gasteiger partial charge < -0.3 is 10.1 Å². The zero-order chi connectivity index (χ0) is 17.3. The summed E-state index contributed by atoms with van der Waals surface area (Å²) in [5, 5.41) is 3.73. The van der Waals surface area contributed by atoms with Crippen LogP contribution in [0.1, 0.15) is 10.4 Å². The van der Waals surface area contributed by atoms with Crippen LogP contribution in [0.2, 0.25) is 0 Å². The number of ether oxygens (including phenoxy) is 1. The van der Waals surface area contributed by atoms with Gasteiger partial charge in [0.1, 0.15) is 17.7 Å². The fraction of sp³-hybridized carbons (Fsp3) is 0.133. The highest BCUT2D eigenvalue weighted by Gasteiger charge is 2.17. The Morgan fingerprint density at radius 3 is 2.79 bits per heavy atom. The molecule has 0 spiro atoms. The average molecular weight is 346 g/mol. The third-order valence-electron chi connectivity index (χ3n) is 3.41. The van der Waals surface area contributed by atoms with Crippen molar-refractivity contribution in [2.24, 2.45) is 0 Å². The highest BCUT2D eigenvalue weighted by molar-refractivity contribution is 7.89. The van der Waals surface area contributed by atoms with Gasteiger partial charge in [0.25, 0.3) is 0 Å². The molecule has 2 heterocycles. The van der Waals surface area contributed by atoms with Crippen molar-refractivity contribution in [3.05, 3.63) is 48.5 Å². The number of aromatic nitrogens is 3. The first-order valence-corrected chi connectivity index (χ1v) is 8.72. The predicted octanol–water partition coefficient (Wildman–Crippen LogP) is 1.77. The zero-order valence-electron chi connectivity index (χ0n) is 12.9. The van der Waals surface area contributed by atoms with Gasteiger partial charge in [-0.05, 0) is 12.1 Å². The van der Waals surface area contributed by atoms with Gasteiger partial charge in [0.05, 0.1) is 24.6 Å². The van der Waals surface area contributed by atoms with Crippen molar-refractivity contribution in [1.29, 1.82) is 0 Å². The van der Waals surface area contributed by atoms with E-state index in [1.54, 1.807) is 24.3 Å². The van der Waals surface area contributed by atoms with Crippen LogP contribution in [0.3, 0.4) is 0 Å². The first kappa shape index (κ1) is 15.9. The lowest BCUT2D eigenvalue weighted by molar-refractivity contribution is 0.0601. The normalized spacial score (nSPS) is 11.4. The first-order chi connectivity index (χ1) is 11.4. The molecule has 3 rings (SSSR count). The maximum atomic E-state index is 12.0. The molecule has 24 heavy (non-hydrogen) atoms. The summed E-state index contributed by atoms with van der Waals surface area (Å²) in [5.74, 6) is -0.366. The fourth-order valence-corrected chi connectivity index (χ4v) is 3.18. The Hall–Kier alpha value is -2.94. The molecule has 0 bridgehead atoms. The predicted molar refractivity (Wildman–Crippen MR) is 88.8 cm³/mol. The lowest BCUT2D eigenvalue weighted by atomic mass is 10.2. The molecule has 8 nitrogen and oxygen atoms in total. The van der Waals surface area contributed by atoms with Crippen molar-refractivity contribution in [2.75, 3.05) is 18.7 Å². The molecule has 0 radical (unpaired) electrons. The molecule has 0 aliphatic rings. The topological polar surface area (TPSA) is 103 Å². The molecule has 3 aromatic rings. The molecular formula is C15H14N4O4S. The molecule has 0 atom stereocenters. The summed E-state index contributed by atoms with van der Waals surface area (Å²) in [5.41, 5.74) is 1.11. The van der Waals surface area contributed by atoms with Crippen LogP contribution in [0.25, 0.3) is 10.9 Å². The van der Waals surface area contributed by atoms with Crippen LogP contribution in [-0.4, -0.2) is 41.7 Å². The fourth-order valence-electron chi connectivity index (χ4n) is 2.36. The van der Waals surface area contributed by atoms with E-state index in [0.29, 0.717) is 11.2 Å². The van der Waals surface area contributed by atoms with Crippen LogP contribution in [0, 0.1) is 0 Å². The number of para-hydroxylation sites is 1. The summed E-state index contributed by atoms with van der Waals surface area (Å²) >= 11 is 0. The molecule has 9 heteroatoms. The smallest absolute Gasteiger partial charge is 0.343 e. The lowest BCUT2D eigenvalue weighted by Gasteiger charge is -2.12. The van der Waals surface area contributed by atoms with Gasteiger partial charge >= 0.3 is 5.97 Å². The van der Waals surface area contributed by atoms with Crippen molar-refractivity contribution >= 4 is 38.4 Å². The Balaban J connectivity index is 2.16. The minimum Gasteiger partial charge on any atom is -0.465 e. The van der Waals surface area contributed by atoms with E-state index in [4.69, 9.17) is 4.74 Å². The third kappa shape index (κ3) is 2.81. The van der Waals surface area contributed by atoms with Crippen LogP contribution >= 0.6 is 0 Å². The van der Waals surface area contributed by atoms with Gasteiger partial charge in [0, 0.05) is 17.8 Å². The Kier molecular flexibility index (Phi) is 3.94. The minimum absolute atomic E-state index is 0.148. The number of nitrogens with zero attached hydrogens (tertiary/aromatic N) is 3. The summed E-state index contributed by atoms with van der Waals surface area (Å²) < 4.78 is 29.8. The Bertz CT molecular complexity index is 1030. The monoisotopic (exact) mass is 346 g/mol. The summed E-state index contributed by atoms with van der Waals surface area (Å²) in [4.78, 5) is 19.7. The molecule has 2 aromatic heterocycles. The molecular weight excluding hydrogens is 332 g/mol. The van der Waals surface area contributed by atoms with Crippen LogP contribution in [0.15, 0.2) is 43.0 Å². The number of esters is 1. The van der Waals surface area contributed by atoms with E-state index >= 15 is 0 Å². The molecule has 0 aliphatic carbocycles. The number of fused-ring (bicyclic) bond motifs is 1. The van der Waals surface area contributed by atoms with Crippen LogP contribution < -0.4 is 5.32 Å². The number of hydrogen-bond donors (Lipinski definition) is 1. The van der Waals surface area contributed by atoms with Gasteiger partial charge in [-0.25, -0.2) is 27.2 Å². The first-order valence-electron chi connectivity index (χ1n) is 6.88. The van der Waals surface area contributed by atoms with Crippen molar-refractivity contribution < 1.29 is 17.9 Å².